The summed E-state index contributed by atoms with van der Waals surface area (Å²) in [7, 11) is 0. The smallest absolute Gasteiger partial charge is 0.126 e. The standard InChI is InChI=1S/C17H18BrClN2/c18-13-6-4-5-12(9-13)15-10-17(20-11-16(15)19)21-14-7-2-1-3-8-14/h4-6,9-11,14H,1-3,7-8H2,(H,20,21). The van der Waals surface area contributed by atoms with Crippen LogP contribution < -0.4 is 5.32 Å². The quantitative estimate of drug-likeness (QED) is 0.731. The minimum atomic E-state index is 0.544. The summed E-state index contributed by atoms with van der Waals surface area (Å²) in [6.07, 6.45) is 8.18. The number of benzene rings is 1. The zero-order chi connectivity index (χ0) is 14.7. The van der Waals surface area contributed by atoms with Gasteiger partial charge in [-0.25, -0.2) is 4.98 Å². The van der Waals surface area contributed by atoms with Crippen molar-refractivity contribution in [3.05, 3.63) is 46.0 Å². The van der Waals surface area contributed by atoms with Crippen LogP contribution in [0.5, 0.6) is 0 Å². The highest BCUT2D eigenvalue weighted by Gasteiger charge is 2.14. The molecule has 0 atom stereocenters. The second kappa shape index (κ2) is 6.80. The lowest BCUT2D eigenvalue weighted by molar-refractivity contribution is 0.462. The highest BCUT2D eigenvalue weighted by Crippen LogP contribution is 2.31. The van der Waals surface area contributed by atoms with E-state index in [9.17, 15) is 0 Å². The van der Waals surface area contributed by atoms with Crippen LogP contribution in [0.2, 0.25) is 5.02 Å². The number of halogens is 2. The Balaban J connectivity index is 1.85. The van der Waals surface area contributed by atoms with Gasteiger partial charge in [-0.05, 0) is 36.6 Å². The van der Waals surface area contributed by atoms with Crippen molar-refractivity contribution in [1.29, 1.82) is 0 Å². The van der Waals surface area contributed by atoms with Crippen LogP contribution in [-0.4, -0.2) is 11.0 Å². The van der Waals surface area contributed by atoms with Gasteiger partial charge < -0.3 is 5.32 Å². The fraction of sp³-hybridized carbons (Fsp3) is 0.353. The summed E-state index contributed by atoms with van der Waals surface area (Å²) in [5.74, 6) is 0.918. The third-order valence-corrected chi connectivity index (χ3v) is 4.74. The molecule has 0 radical (unpaired) electrons. The van der Waals surface area contributed by atoms with Crippen molar-refractivity contribution < 1.29 is 0 Å². The summed E-state index contributed by atoms with van der Waals surface area (Å²) < 4.78 is 1.05. The Morgan fingerprint density at radius 1 is 1.14 bits per heavy atom. The Hall–Kier alpha value is -1.06. The lowest BCUT2D eigenvalue weighted by Crippen LogP contribution is -2.22. The molecule has 0 saturated heterocycles. The predicted octanol–water partition coefficient (Wildman–Crippen LogP) is 5.91. The fourth-order valence-electron chi connectivity index (χ4n) is 2.85. The Morgan fingerprint density at radius 2 is 1.95 bits per heavy atom. The maximum Gasteiger partial charge on any atom is 0.126 e. The maximum absolute atomic E-state index is 6.32. The number of nitrogens with zero attached hydrogens (tertiary/aromatic N) is 1. The number of aromatic nitrogens is 1. The second-order valence-electron chi connectivity index (χ2n) is 5.54. The van der Waals surface area contributed by atoms with Gasteiger partial charge in [-0.15, -0.1) is 0 Å². The average molecular weight is 366 g/mol. The number of nitrogens with one attached hydrogen (secondary N) is 1. The number of rotatable bonds is 3. The van der Waals surface area contributed by atoms with Crippen molar-refractivity contribution >= 4 is 33.3 Å². The van der Waals surface area contributed by atoms with E-state index in [0.29, 0.717) is 11.1 Å². The van der Waals surface area contributed by atoms with Gasteiger partial charge in [0.15, 0.2) is 0 Å². The van der Waals surface area contributed by atoms with E-state index < -0.39 is 0 Å². The molecule has 3 rings (SSSR count). The summed E-state index contributed by atoms with van der Waals surface area (Å²) in [4.78, 5) is 4.43. The van der Waals surface area contributed by atoms with Gasteiger partial charge in [-0.2, -0.15) is 0 Å². The molecule has 0 amide bonds. The van der Waals surface area contributed by atoms with E-state index in [1.807, 2.05) is 12.1 Å². The largest absolute Gasteiger partial charge is 0.367 e. The molecule has 21 heavy (non-hydrogen) atoms. The van der Waals surface area contributed by atoms with Crippen molar-refractivity contribution in [2.75, 3.05) is 5.32 Å². The highest BCUT2D eigenvalue weighted by molar-refractivity contribution is 9.10. The molecule has 4 heteroatoms. The van der Waals surface area contributed by atoms with Crippen LogP contribution in [0.25, 0.3) is 11.1 Å². The molecule has 1 saturated carbocycles. The normalized spacial score (nSPS) is 15.9. The molecular formula is C17H18BrClN2. The number of anilines is 1. The Bertz CT molecular complexity index is 624. The third-order valence-electron chi connectivity index (χ3n) is 3.95. The first-order valence-electron chi connectivity index (χ1n) is 7.40. The summed E-state index contributed by atoms with van der Waals surface area (Å²) in [6, 6.07) is 10.8. The molecule has 1 aromatic carbocycles. The van der Waals surface area contributed by atoms with Crippen LogP contribution in [-0.2, 0) is 0 Å². The molecule has 0 unspecified atom stereocenters. The first kappa shape index (κ1) is 14.9. The van der Waals surface area contributed by atoms with E-state index in [-0.39, 0.29) is 0 Å². The van der Waals surface area contributed by atoms with Gasteiger partial charge in [0, 0.05) is 22.3 Å². The van der Waals surface area contributed by atoms with Gasteiger partial charge in [-0.3, -0.25) is 0 Å². The van der Waals surface area contributed by atoms with Crippen molar-refractivity contribution in [3.63, 3.8) is 0 Å². The monoisotopic (exact) mass is 364 g/mol. The van der Waals surface area contributed by atoms with Crippen LogP contribution in [0.1, 0.15) is 32.1 Å². The molecule has 0 spiro atoms. The summed E-state index contributed by atoms with van der Waals surface area (Å²) in [6.45, 7) is 0. The van der Waals surface area contributed by atoms with E-state index in [4.69, 9.17) is 11.6 Å². The topological polar surface area (TPSA) is 24.9 Å². The predicted molar refractivity (Wildman–Crippen MR) is 92.9 cm³/mol. The van der Waals surface area contributed by atoms with Crippen LogP contribution in [0.15, 0.2) is 41.0 Å². The second-order valence-corrected chi connectivity index (χ2v) is 6.86. The molecule has 2 nitrogen and oxygen atoms in total. The van der Waals surface area contributed by atoms with Gasteiger partial charge >= 0.3 is 0 Å². The van der Waals surface area contributed by atoms with Gasteiger partial charge in [0.05, 0.1) is 5.02 Å². The summed E-state index contributed by atoms with van der Waals surface area (Å²) >= 11 is 9.83. The molecule has 1 aliphatic rings. The summed E-state index contributed by atoms with van der Waals surface area (Å²) in [5, 5.41) is 4.23. The van der Waals surface area contributed by atoms with E-state index >= 15 is 0 Å². The average Bonchev–Trinajstić information content (AvgIpc) is 2.50. The number of hydrogen-bond acceptors (Lipinski definition) is 2. The lowest BCUT2D eigenvalue weighted by Gasteiger charge is -2.23. The zero-order valence-electron chi connectivity index (χ0n) is 11.8. The zero-order valence-corrected chi connectivity index (χ0v) is 14.1. The molecular weight excluding hydrogens is 348 g/mol. The van der Waals surface area contributed by atoms with Gasteiger partial charge in [0.1, 0.15) is 5.82 Å². The first-order valence-corrected chi connectivity index (χ1v) is 8.57. The van der Waals surface area contributed by atoms with Gasteiger partial charge in [0.2, 0.25) is 0 Å². The number of pyridine rings is 1. The summed E-state index contributed by atoms with van der Waals surface area (Å²) in [5.41, 5.74) is 2.12. The SMILES string of the molecule is Clc1cnc(NC2CCCCC2)cc1-c1cccc(Br)c1. The molecule has 110 valence electrons. The minimum absolute atomic E-state index is 0.544. The Morgan fingerprint density at radius 3 is 2.71 bits per heavy atom. The van der Waals surface area contributed by atoms with Crippen LogP contribution in [0.3, 0.4) is 0 Å². The first-order chi connectivity index (χ1) is 10.2. The molecule has 2 aromatic rings. The van der Waals surface area contributed by atoms with Crippen LogP contribution >= 0.6 is 27.5 Å². The molecule has 1 N–H and O–H groups in total. The molecule has 1 aliphatic carbocycles. The molecule has 1 heterocycles. The van der Waals surface area contributed by atoms with E-state index in [1.54, 1.807) is 6.20 Å². The van der Waals surface area contributed by atoms with Crippen molar-refractivity contribution in [2.45, 2.75) is 38.1 Å². The van der Waals surface area contributed by atoms with Crippen LogP contribution in [0, 0.1) is 0 Å². The highest BCUT2D eigenvalue weighted by atomic mass is 79.9. The minimum Gasteiger partial charge on any atom is -0.367 e. The van der Waals surface area contributed by atoms with Crippen molar-refractivity contribution in [3.8, 4) is 11.1 Å². The Labute approximate surface area is 139 Å². The van der Waals surface area contributed by atoms with Gasteiger partial charge in [-0.1, -0.05) is 58.9 Å². The Kier molecular flexibility index (Phi) is 4.81. The van der Waals surface area contributed by atoms with E-state index in [2.05, 4.69) is 44.4 Å². The molecule has 0 bridgehead atoms. The van der Waals surface area contributed by atoms with Crippen molar-refractivity contribution in [1.82, 2.24) is 4.98 Å². The van der Waals surface area contributed by atoms with Gasteiger partial charge in [0.25, 0.3) is 0 Å². The maximum atomic E-state index is 6.32. The van der Waals surface area contributed by atoms with Crippen LogP contribution in [0.4, 0.5) is 5.82 Å². The number of hydrogen-bond donors (Lipinski definition) is 1. The molecule has 1 aromatic heterocycles. The lowest BCUT2D eigenvalue weighted by atomic mass is 9.95. The molecule has 0 aliphatic heterocycles. The van der Waals surface area contributed by atoms with E-state index in [1.165, 1.54) is 32.1 Å². The molecule has 1 fully saturated rings. The van der Waals surface area contributed by atoms with Crippen molar-refractivity contribution in [2.24, 2.45) is 0 Å². The fourth-order valence-corrected chi connectivity index (χ4v) is 3.46. The third kappa shape index (κ3) is 3.78. The van der Waals surface area contributed by atoms with E-state index in [0.717, 1.165) is 21.4 Å².